The Balaban J connectivity index is 3.08. The third-order valence-corrected chi connectivity index (χ3v) is 1.87. The topological polar surface area (TPSA) is 38.7 Å². The van der Waals surface area contributed by atoms with Crippen molar-refractivity contribution >= 4 is 11.5 Å². The van der Waals surface area contributed by atoms with Crippen LogP contribution in [-0.2, 0) is 0 Å². The van der Waals surface area contributed by atoms with Crippen molar-refractivity contribution in [3.8, 4) is 0 Å². The van der Waals surface area contributed by atoms with Crippen LogP contribution >= 0.6 is 11.5 Å². The Kier molecular flexibility index (Phi) is 2.65. The van der Waals surface area contributed by atoms with E-state index in [0.717, 1.165) is 0 Å². The predicted molar refractivity (Wildman–Crippen MR) is 32.6 cm³/mol. The molecule has 3 nitrogen and oxygen atoms in total. The van der Waals surface area contributed by atoms with Crippen LogP contribution < -0.4 is 0 Å². The molecule has 0 atom stereocenters. The molecule has 0 saturated carbocycles. The van der Waals surface area contributed by atoms with Crippen LogP contribution in [0.3, 0.4) is 0 Å². The van der Waals surface area contributed by atoms with E-state index in [0.29, 0.717) is 0 Å². The van der Waals surface area contributed by atoms with E-state index in [1.165, 1.54) is 0 Å². The van der Waals surface area contributed by atoms with Gasteiger partial charge in [-0.05, 0) is 5.21 Å². The largest absolute Gasteiger partial charge is 0.406 e. The summed E-state index contributed by atoms with van der Waals surface area (Å²) in [6, 6.07) is 0. The maximum absolute atomic E-state index is 12.0. The molecule has 0 aliphatic carbocycles. The lowest BCUT2D eigenvalue weighted by Gasteiger charge is -2.19. The Morgan fingerprint density at radius 2 is 1.50 bits per heavy atom. The van der Waals surface area contributed by atoms with Gasteiger partial charge in [-0.15, -0.1) is 5.10 Å². The normalized spacial score (nSPS) is 13.6. The van der Waals surface area contributed by atoms with Gasteiger partial charge in [-0.3, -0.25) is 0 Å². The van der Waals surface area contributed by atoms with Crippen molar-refractivity contribution in [2.24, 2.45) is 0 Å². The minimum absolute atomic E-state index is 0.0275. The summed E-state index contributed by atoms with van der Waals surface area (Å²) in [5.41, 5.74) is 0. The molecule has 0 fully saturated rings. The van der Waals surface area contributed by atoms with Crippen molar-refractivity contribution in [2.75, 3.05) is 0 Å². The van der Waals surface area contributed by atoms with Gasteiger partial charge < -0.3 is 0 Å². The molecule has 0 aliphatic heterocycles. The van der Waals surface area contributed by atoms with Crippen molar-refractivity contribution in [1.29, 1.82) is 0 Å². The maximum Gasteiger partial charge on any atom is 0.406 e. The summed E-state index contributed by atoms with van der Waals surface area (Å²) in [6.45, 7) is 0. The number of hydrogen-bond acceptors (Lipinski definition) is 4. The fourth-order valence-electron chi connectivity index (χ4n) is 0.717. The van der Waals surface area contributed by atoms with Crippen LogP contribution in [0.15, 0.2) is 0 Å². The van der Waals surface area contributed by atoms with Gasteiger partial charge in [0, 0.05) is 11.5 Å². The molecular formula is C4HF6N3S. The number of nitrogens with zero attached hydrogens (tertiary/aromatic N) is 3. The summed E-state index contributed by atoms with van der Waals surface area (Å²) < 4.78 is 74.7. The average molecular weight is 237 g/mol. The quantitative estimate of drug-likeness (QED) is 0.702. The molecule has 0 saturated heterocycles. The highest BCUT2D eigenvalue weighted by Gasteiger charge is 2.59. The summed E-state index contributed by atoms with van der Waals surface area (Å²) in [6.07, 6.45) is -10.9. The molecule has 80 valence electrons. The van der Waals surface area contributed by atoms with Crippen molar-refractivity contribution in [3.05, 3.63) is 5.01 Å². The van der Waals surface area contributed by atoms with Gasteiger partial charge in [-0.2, -0.15) is 26.3 Å². The maximum atomic E-state index is 12.0. The lowest BCUT2D eigenvalue weighted by Crippen LogP contribution is -2.34. The smallest absolute Gasteiger partial charge is 0.170 e. The monoisotopic (exact) mass is 237 g/mol. The van der Waals surface area contributed by atoms with Crippen molar-refractivity contribution in [1.82, 2.24) is 14.8 Å². The second-order valence-corrected chi connectivity index (χ2v) is 2.98. The molecule has 10 heteroatoms. The van der Waals surface area contributed by atoms with Gasteiger partial charge in [0.1, 0.15) is 0 Å². The summed E-state index contributed by atoms with van der Waals surface area (Å²) >= 11 is -0.0275. The second-order valence-electron chi connectivity index (χ2n) is 2.22. The Bertz CT molecular complexity index is 275. The zero-order valence-electron chi connectivity index (χ0n) is 6.10. The lowest BCUT2D eigenvalue weighted by atomic mass is 10.1. The summed E-state index contributed by atoms with van der Waals surface area (Å²) in [7, 11) is 0. The fourth-order valence-corrected chi connectivity index (χ4v) is 1.32. The Morgan fingerprint density at radius 1 is 1.00 bits per heavy atom. The van der Waals surface area contributed by atoms with E-state index in [-0.39, 0.29) is 11.5 Å². The molecule has 1 heterocycles. The molecule has 0 N–H and O–H groups in total. The van der Waals surface area contributed by atoms with Gasteiger partial charge in [0.25, 0.3) is 0 Å². The Labute approximate surface area is 76.9 Å². The molecule has 0 unspecified atom stereocenters. The van der Waals surface area contributed by atoms with Crippen LogP contribution in [0.5, 0.6) is 0 Å². The zero-order chi connectivity index (χ0) is 11.0. The van der Waals surface area contributed by atoms with Crippen molar-refractivity contribution in [3.63, 3.8) is 0 Å². The molecule has 1 rings (SSSR count). The SMILES string of the molecule is FC(F)(F)C(c1nnns1)C(F)(F)F. The predicted octanol–water partition coefficient (Wildman–Crippen LogP) is 2.14. The van der Waals surface area contributed by atoms with Gasteiger partial charge in [-0.1, -0.05) is 4.49 Å². The molecule has 0 bridgehead atoms. The van der Waals surface area contributed by atoms with Crippen LogP contribution in [0.1, 0.15) is 10.9 Å². The van der Waals surface area contributed by atoms with E-state index < -0.39 is 23.3 Å². The van der Waals surface area contributed by atoms with Crippen LogP contribution in [0.25, 0.3) is 0 Å². The second kappa shape index (κ2) is 3.33. The number of rotatable bonds is 1. The van der Waals surface area contributed by atoms with Gasteiger partial charge in [0.2, 0.25) is 5.92 Å². The van der Waals surface area contributed by atoms with Crippen LogP contribution in [-0.4, -0.2) is 27.2 Å². The third-order valence-electron chi connectivity index (χ3n) is 1.22. The fraction of sp³-hybridized carbons (Fsp3) is 0.750. The Morgan fingerprint density at radius 3 is 1.79 bits per heavy atom. The minimum atomic E-state index is -5.43. The van der Waals surface area contributed by atoms with Crippen molar-refractivity contribution in [2.45, 2.75) is 18.3 Å². The van der Waals surface area contributed by atoms with Gasteiger partial charge in [-0.25, -0.2) is 0 Å². The van der Waals surface area contributed by atoms with E-state index in [1.807, 2.05) is 0 Å². The number of alkyl halides is 6. The van der Waals surface area contributed by atoms with Gasteiger partial charge in [0.15, 0.2) is 5.01 Å². The third kappa shape index (κ3) is 2.30. The summed E-state index contributed by atoms with van der Waals surface area (Å²) in [5.74, 6) is -3.60. The first-order valence-electron chi connectivity index (χ1n) is 3.01. The molecule has 0 radical (unpaired) electrons. The van der Waals surface area contributed by atoms with Crippen LogP contribution in [0.4, 0.5) is 26.3 Å². The highest BCUT2D eigenvalue weighted by molar-refractivity contribution is 7.05. The molecule has 1 aromatic heterocycles. The average Bonchev–Trinajstić information content (AvgIpc) is 2.31. The molecule has 14 heavy (non-hydrogen) atoms. The van der Waals surface area contributed by atoms with E-state index in [1.54, 1.807) is 0 Å². The number of hydrogen-bond donors (Lipinski definition) is 0. The molecule has 0 spiro atoms. The first-order valence-corrected chi connectivity index (χ1v) is 3.78. The van der Waals surface area contributed by atoms with Gasteiger partial charge in [0.05, 0.1) is 0 Å². The van der Waals surface area contributed by atoms with Crippen LogP contribution in [0.2, 0.25) is 0 Å². The highest BCUT2D eigenvalue weighted by Crippen LogP contribution is 2.46. The number of aromatic nitrogens is 3. The number of halogens is 6. The molecule has 0 aliphatic rings. The molecule has 0 aromatic carbocycles. The zero-order valence-corrected chi connectivity index (χ0v) is 6.91. The van der Waals surface area contributed by atoms with E-state index >= 15 is 0 Å². The van der Waals surface area contributed by atoms with E-state index in [4.69, 9.17) is 0 Å². The standard InChI is InChI=1S/C4HF6N3S/c5-3(6,7)1(4(8,9)10)2-11-12-13-14-2/h1H. The van der Waals surface area contributed by atoms with E-state index in [9.17, 15) is 26.3 Å². The highest BCUT2D eigenvalue weighted by atomic mass is 32.1. The Hall–Kier alpha value is -0.930. The van der Waals surface area contributed by atoms with Crippen LogP contribution in [0, 0.1) is 0 Å². The van der Waals surface area contributed by atoms with Gasteiger partial charge >= 0.3 is 12.4 Å². The first kappa shape index (κ1) is 11.1. The minimum Gasteiger partial charge on any atom is -0.170 e. The first-order chi connectivity index (χ1) is 6.23. The molecule has 0 amide bonds. The molecule has 1 aromatic rings. The van der Waals surface area contributed by atoms with E-state index in [2.05, 4.69) is 14.8 Å². The summed E-state index contributed by atoms with van der Waals surface area (Å²) in [5, 5.41) is 4.15. The summed E-state index contributed by atoms with van der Waals surface area (Å²) in [4.78, 5) is 0. The lowest BCUT2D eigenvalue weighted by molar-refractivity contribution is -0.253. The molecular weight excluding hydrogens is 236 g/mol. The van der Waals surface area contributed by atoms with Crippen molar-refractivity contribution < 1.29 is 26.3 Å².